The van der Waals surface area contributed by atoms with Crippen LogP contribution in [0.2, 0.25) is 0 Å². The van der Waals surface area contributed by atoms with E-state index in [0.717, 1.165) is 36.1 Å². The Morgan fingerprint density at radius 1 is 1.24 bits per heavy atom. The number of amides is 1. The van der Waals surface area contributed by atoms with Crippen LogP contribution >= 0.6 is 11.3 Å². The molecule has 0 unspecified atom stereocenters. The summed E-state index contributed by atoms with van der Waals surface area (Å²) in [5.74, 6) is -2.32. The molecule has 1 atom stereocenters. The Morgan fingerprint density at radius 2 is 1.96 bits per heavy atom. The van der Waals surface area contributed by atoms with Crippen LogP contribution in [0.1, 0.15) is 46.7 Å². The molecule has 2 aromatic rings. The molecule has 128 valence electrons. The second-order valence-corrected chi connectivity index (χ2v) is 7.19. The van der Waals surface area contributed by atoms with E-state index in [1.54, 1.807) is 30.3 Å². The molecule has 25 heavy (non-hydrogen) atoms. The van der Waals surface area contributed by atoms with E-state index in [0.29, 0.717) is 16.1 Å². The first-order valence-corrected chi connectivity index (χ1v) is 9.04. The molecule has 0 fully saturated rings. The minimum atomic E-state index is -1.03. The monoisotopic (exact) mass is 354 g/mol. The number of thiophene rings is 1. The van der Waals surface area contributed by atoms with E-state index < -0.39 is 11.9 Å². The Kier molecular flexibility index (Phi) is 5.15. The van der Waals surface area contributed by atoms with Crippen LogP contribution in [0.15, 0.2) is 30.3 Å². The Hall–Kier alpha value is -2.65. The lowest BCUT2D eigenvalue weighted by atomic mass is 9.95. The highest BCUT2D eigenvalue weighted by atomic mass is 32.1. The van der Waals surface area contributed by atoms with Gasteiger partial charge in [0.25, 0.3) is 0 Å². The molecule has 1 aliphatic rings. The molecule has 1 aromatic heterocycles. The van der Waals surface area contributed by atoms with Gasteiger partial charge in [0.1, 0.15) is 11.1 Å². The number of carboxylic acid groups (broad SMARTS) is 1. The van der Waals surface area contributed by atoms with Crippen LogP contribution in [-0.2, 0) is 22.4 Å². The summed E-state index contributed by atoms with van der Waals surface area (Å²) in [5.41, 5.74) is 2.18. The standard InChI is InChI=1S/C19H18N2O3S/c20-11-15-13-8-4-5-9-16(13)25-18(15)21-17(22)10-14(19(23)24)12-6-2-1-3-7-12/h1-3,6-7,14H,4-5,8-10H2,(H,21,22)(H,23,24)/t14-/m1/s1. The number of nitrogens with one attached hydrogen (secondary N) is 1. The summed E-state index contributed by atoms with van der Waals surface area (Å²) < 4.78 is 0. The lowest BCUT2D eigenvalue weighted by molar-refractivity contribution is -0.140. The molecule has 0 radical (unpaired) electrons. The molecule has 0 saturated carbocycles. The molecule has 0 bridgehead atoms. The average molecular weight is 354 g/mol. The van der Waals surface area contributed by atoms with Crippen molar-refractivity contribution in [2.75, 3.05) is 5.32 Å². The fourth-order valence-electron chi connectivity index (χ4n) is 3.17. The van der Waals surface area contributed by atoms with Crippen LogP contribution in [0, 0.1) is 11.3 Å². The number of hydrogen-bond acceptors (Lipinski definition) is 4. The fraction of sp³-hybridized carbons (Fsp3) is 0.316. The van der Waals surface area contributed by atoms with Crippen molar-refractivity contribution in [2.24, 2.45) is 0 Å². The number of benzene rings is 1. The van der Waals surface area contributed by atoms with Crippen LogP contribution in [0.5, 0.6) is 0 Å². The third-order valence-corrected chi connectivity index (χ3v) is 5.63. The van der Waals surface area contributed by atoms with Crippen molar-refractivity contribution in [3.05, 3.63) is 51.9 Å². The average Bonchev–Trinajstić information content (AvgIpc) is 2.97. The Labute approximate surface area is 149 Å². The second kappa shape index (κ2) is 7.49. The molecule has 6 heteroatoms. The summed E-state index contributed by atoms with van der Waals surface area (Å²) in [6, 6.07) is 10.9. The molecule has 5 nitrogen and oxygen atoms in total. The minimum absolute atomic E-state index is 0.160. The summed E-state index contributed by atoms with van der Waals surface area (Å²) >= 11 is 1.44. The van der Waals surface area contributed by atoms with Gasteiger partial charge in [-0.15, -0.1) is 11.3 Å². The van der Waals surface area contributed by atoms with Gasteiger partial charge in [-0.25, -0.2) is 0 Å². The first kappa shape index (κ1) is 17.2. The number of rotatable bonds is 5. The smallest absolute Gasteiger partial charge is 0.311 e. The van der Waals surface area contributed by atoms with Crippen LogP contribution in [0.3, 0.4) is 0 Å². The first-order valence-electron chi connectivity index (χ1n) is 8.22. The largest absolute Gasteiger partial charge is 0.481 e. The zero-order chi connectivity index (χ0) is 17.8. The van der Waals surface area contributed by atoms with E-state index >= 15 is 0 Å². The molecule has 0 saturated heterocycles. The summed E-state index contributed by atoms with van der Waals surface area (Å²) in [7, 11) is 0. The van der Waals surface area contributed by atoms with E-state index in [-0.39, 0.29) is 12.3 Å². The molecule has 1 heterocycles. The number of aliphatic carboxylic acids is 1. The number of carbonyl (C=O) groups excluding carboxylic acids is 1. The Morgan fingerprint density at radius 3 is 2.64 bits per heavy atom. The highest BCUT2D eigenvalue weighted by molar-refractivity contribution is 7.16. The summed E-state index contributed by atoms with van der Waals surface area (Å²) in [6.07, 6.45) is 3.80. The normalized spacial score (nSPS) is 14.2. The predicted octanol–water partition coefficient (Wildman–Crippen LogP) is 3.70. The van der Waals surface area contributed by atoms with E-state index in [2.05, 4.69) is 11.4 Å². The second-order valence-electron chi connectivity index (χ2n) is 6.08. The zero-order valence-electron chi connectivity index (χ0n) is 13.6. The van der Waals surface area contributed by atoms with Crippen LogP contribution in [-0.4, -0.2) is 17.0 Å². The van der Waals surface area contributed by atoms with Gasteiger partial charge in [-0.1, -0.05) is 30.3 Å². The van der Waals surface area contributed by atoms with Crippen molar-refractivity contribution in [3.8, 4) is 6.07 Å². The van der Waals surface area contributed by atoms with Crippen LogP contribution in [0.4, 0.5) is 5.00 Å². The number of nitriles is 1. The van der Waals surface area contributed by atoms with Crippen molar-refractivity contribution < 1.29 is 14.7 Å². The van der Waals surface area contributed by atoms with Gasteiger partial charge in [-0.2, -0.15) is 5.26 Å². The lowest BCUT2D eigenvalue weighted by Gasteiger charge is -2.12. The number of nitrogens with zero attached hydrogens (tertiary/aromatic N) is 1. The molecule has 2 N–H and O–H groups in total. The molecule has 0 spiro atoms. The third-order valence-electron chi connectivity index (χ3n) is 4.43. The maximum atomic E-state index is 12.4. The quantitative estimate of drug-likeness (QED) is 0.857. The highest BCUT2D eigenvalue weighted by Crippen LogP contribution is 2.37. The van der Waals surface area contributed by atoms with Gasteiger partial charge in [0.2, 0.25) is 5.91 Å². The van der Waals surface area contributed by atoms with Gasteiger partial charge in [-0.3, -0.25) is 9.59 Å². The van der Waals surface area contributed by atoms with Gasteiger partial charge in [-0.05, 0) is 36.8 Å². The van der Waals surface area contributed by atoms with E-state index in [1.165, 1.54) is 11.3 Å². The van der Waals surface area contributed by atoms with Gasteiger partial charge < -0.3 is 10.4 Å². The number of aryl methyl sites for hydroxylation is 1. The molecular weight excluding hydrogens is 336 g/mol. The van der Waals surface area contributed by atoms with Gasteiger partial charge in [0, 0.05) is 11.3 Å². The molecule has 0 aliphatic heterocycles. The zero-order valence-corrected chi connectivity index (χ0v) is 14.4. The fourth-order valence-corrected chi connectivity index (χ4v) is 4.42. The molecule has 1 aromatic carbocycles. The van der Waals surface area contributed by atoms with Crippen LogP contribution in [0.25, 0.3) is 0 Å². The summed E-state index contributed by atoms with van der Waals surface area (Å²) in [6.45, 7) is 0. The predicted molar refractivity (Wildman–Crippen MR) is 95.7 cm³/mol. The topological polar surface area (TPSA) is 90.2 Å². The third kappa shape index (κ3) is 3.72. The van der Waals surface area contributed by atoms with E-state index in [9.17, 15) is 20.0 Å². The maximum absolute atomic E-state index is 12.4. The number of fused-ring (bicyclic) bond motifs is 1. The molecule has 1 amide bonds. The minimum Gasteiger partial charge on any atom is -0.481 e. The van der Waals surface area contributed by atoms with Crippen molar-refractivity contribution in [2.45, 2.75) is 38.0 Å². The number of hydrogen-bond donors (Lipinski definition) is 2. The van der Waals surface area contributed by atoms with Gasteiger partial charge in [0.05, 0.1) is 11.5 Å². The summed E-state index contributed by atoms with van der Waals surface area (Å²) in [4.78, 5) is 25.1. The van der Waals surface area contributed by atoms with E-state index in [4.69, 9.17) is 0 Å². The van der Waals surface area contributed by atoms with Crippen molar-refractivity contribution in [1.82, 2.24) is 0 Å². The SMILES string of the molecule is N#Cc1c(NC(=O)C[C@@H](C(=O)O)c2ccccc2)sc2c1CCCC2. The Balaban J connectivity index is 1.77. The number of anilines is 1. The molecule has 1 aliphatic carbocycles. The number of carboxylic acids is 1. The van der Waals surface area contributed by atoms with Crippen molar-refractivity contribution in [3.63, 3.8) is 0 Å². The van der Waals surface area contributed by atoms with E-state index in [1.807, 2.05) is 0 Å². The Bertz CT molecular complexity index is 836. The maximum Gasteiger partial charge on any atom is 0.311 e. The van der Waals surface area contributed by atoms with Crippen molar-refractivity contribution in [1.29, 1.82) is 5.26 Å². The van der Waals surface area contributed by atoms with Crippen LogP contribution < -0.4 is 5.32 Å². The first-order chi connectivity index (χ1) is 12.1. The number of carbonyl (C=O) groups is 2. The summed E-state index contributed by atoms with van der Waals surface area (Å²) in [5, 5.41) is 22.2. The molecular formula is C19H18N2O3S. The van der Waals surface area contributed by atoms with Gasteiger partial charge in [0.15, 0.2) is 0 Å². The van der Waals surface area contributed by atoms with Crippen molar-refractivity contribution >= 4 is 28.2 Å². The molecule has 3 rings (SSSR count). The highest BCUT2D eigenvalue weighted by Gasteiger charge is 2.26. The lowest BCUT2D eigenvalue weighted by Crippen LogP contribution is -2.20. The van der Waals surface area contributed by atoms with Gasteiger partial charge >= 0.3 is 5.97 Å².